The molecule has 0 aliphatic carbocycles. The van der Waals surface area contributed by atoms with E-state index in [4.69, 9.17) is 9.47 Å². The monoisotopic (exact) mass is 441 g/mol. The van der Waals surface area contributed by atoms with Gasteiger partial charge in [0.1, 0.15) is 24.8 Å². The van der Waals surface area contributed by atoms with Crippen molar-refractivity contribution in [3.05, 3.63) is 30.4 Å². The standard InChI is InChI=1S/C22H31N7O3/c1-14(2)19-12-31-22(30)29(19)21-25-13-24-20(27-21)26-15(3)18-6-5-17(11-23-18)32-16-7-9-28(4)10-8-16/h5-6,11,13-16,19H,7-10,12H2,1-4H3,(H,24,25,26,27)/t15-,19+/m0/s1. The number of nitrogens with zero attached hydrogens (tertiary/aromatic N) is 6. The van der Waals surface area contributed by atoms with Crippen LogP contribution in [0.5, 0.6) is 5.75 Å². The van der Waals surface area contributed by atoms with Gasteiger partial charge in [-0.2, -0.15) is 4.98 Å². The second kappa shape index (κ2) is 9.64. The van der Waals surface area contributed by atoms with Gasteiger partial charge in [0.15, 0.2) is 0 Å². The first-order valence-electron chi connectivity index (χ1n) is 11.1. The molecular formula is C22H31N7O3. The Labute approximate surface area is 188 Å². The number of nitrogens with one attached hydrogen (secondary N) is 1. The molecule has 0 spiro atoms. The minimum Gasteiger partial charge on any atom is -0.489 e. The molecule has 0 saturated carbocycles. The fourth-order valence-electron chi connectivity index (χ4n) is 3.91. The highest BCUT2D eigenvalue weighted by Gasteiger charge is 2.38. The Morgan fingerprint density at radius 2 is 1.94 bits per heavy atom. The van der Waals surface area contributed by atoms with Crippen molar-refractivity contribution in [1.29, 1.82) is 0 Å². The summed E-state index contributed by atoms with van der Waals surface area (Å²) in [6.45, 7) is 8.49. The second-order valence-electron chi connectivity index (χ2n) is 8.77. The normalized spacial score (nSPS) is 21.0. The summed E-state index contributed by atoms with van der Waals surface area (Å²) < 4.78 is 11.3. The molecule has 32 heavy (non-hydrogen) atoms. The number of piperidine rings is 1. The van der Waals surface area contributed by atoms with E-state index in [0.29, 0.717) is 12.6 Å². The van der Waals surface area contributed by atoms with Gasteiger partial charge in [-0.05, 0) is 44.9 Å². The lowest BCUT2D eigenvalue weighted by atomic mass is 10.1. The summed E-state index contributed by atoms with van der Waals surface area (Å²) in [5.41, 5.74) is 0.836. The van der Waals surface area contributed by atoms with Crippen molar-refractivity contribution < 1.29 is 14.3 Å². The van der Waals surface area contributed by atoms with Gasteiger partial charge >= 0.3 is 6.09 Å². The third-order valence-corrected chi connectivity index (χ3v) is 5.97. The zero-order valence-corrected chi connectivity index (χ0v) is 19.1. The molecule has 2 atom stereocenters. The van der Waals surface area contributed by atoms with Gasteiger partial charge in [-0.15, -0.1) is 0 Å². The van der Waals surface area contributed by atoms with Crippen LogP contribution in [-0.4, -0.2) is 69.8 Å². The SMILES string of the molecule is CC(C)[C@H]1COC(=O)N1c1ncnc(N[C@@H](C)c2ccc(OC3CCN(C)CC3)cn2)n1. The minimum absolute atomic E-state index is 0.103. The van der Waals surface area contributed by atoms with Crippen molar-refractivity contribution in [2.24, 2.45) is 5.92 Å². The predicted octanol–water partition coefficient (Wildman–Crippen LogP) is 2.89. The number of ether oxygens (including phenoxy) is 2. The van der Waals surface area contributed by atoms with Crippen LogP contribution in [0.2, 0.25) is 0 Å². The van der Waals surface area contributed by atoms with Crippen LogP contribution in [0.1, 0.15) is 45.3 Å². The molecule has 2 aliphatic rings. The first-order valence-corrected chi connectivity index (χ1v) is 11.1. The number of pyridine rings is 1. The lowest BCUT2D eigenvalue weighted by Crippen LogP contribution is -2.38. The number of aromatic nitrogens is 4. The molecule has 0 radical (unpaired) electrons. The van der Waals surface area contributed by atoms with Crippen molar-refractivity contribution in [2.45, 2.75) is 51.8 Å². The van der Waals surface area contributed by atoms with Crippen molar-refractivity contribution in [1.82, 2.24) is 24.8 Å². The summed E-state index contributed by atoms with van der Waals surface area (Å²) in [5.74, 6) is 1.65. The molecule has 0 bridgehead atoms. The molecule has 2 fully saturated rings. The van der Waals surface area contributed by atoms with E-state index in [0.717, 1.165) is 37.4 Å². The Kier molecular flexibility index (Phi) is 6.69. The summed E-state index contributed by atoms with van der Waals surface area (Å²) >= 11 is 0. The summed E-state index contributed by atoms with van der Waals surface area (Å²) in [5, 5.41) is 3.24. The molecular weight excluding hydrogens is 410 g/mol. The number of carbonyl (C=O) groups is 1. The van der Waals surface area contributed by atoms with E-state index in [9.17, 15) is 4.79 Å². The lowest BCUT2D eigenvalue weighted by molar-refractivity contribution is 0.114. The Bertz CT molecular complexity index is 916. The first-order chi connectivity index (χ1) is 15.4. The highest BCUT2D eigenvalue weighted by Crippen LogP contribution is 2.25. The highest BCUT2D eigenvalue weighted by molar-refractivity contribution is 5.88. The van der Waals surface area contributed by atoms with E-state index in [2.05, 4.69) is 37.2 Å². The first kappa shape index (κ1) is 22.2. The van der Waals surface area contributed by atoms with Crippen molar-refractivity contribution in [3.63, 3.8) is 0 Å². The van der Waals surface area contributed by atoms with Gasteiger partial charge in [0.25, 0.3) is 0 Å². The van der Waals surface area contributed by atoms with Gasteiger partial charge in [-0.1, -0.05) is 13.8 Å². The van der Waals surface area contributed by atoms with E-state index < -0.39 is 6.09 Å². The Morgan fingerprint density at radius 1 is 1.16 bits per heavy atom. The van der Waals surface area contributed by atoms with E-state index in [-0.39, 0.29) is 30.1 Å². The Balaban J connectivity index is 1.39. The molecule has 4 rings (SSSR count). The summed E-state index contributed by atoms with van der Waals surface area (Å²) in [6.07, 6.45) is 5.02. The molecule has 0 unspecified atom stereocenters. The maximum Gasteiger partial charge on any atom is 0.417 e. The van der Waals surface area contributed by atoms with Crippen LogP contribution < -0.4 is 15.0 Å². The quantitative estimate of drug-likeness (QED) is 0.694. The maximum absolute atomic E-state index is 12.2. The van der Waals surface area contributed by atoms with E-state index in [1.54, 1.807) is 6.20 Å². The van der Waals surface area contributed by atoms with Crippen LogP contribution in [0, 0.1) is 5.92 Å². The third-order valence-electron chi connectivity index (χ3n) is 5.97. The van der Waals surface area contributed by atoms with Gasteiger partial charge < -0.3 is 19.7 Å². The van der Waals surface area contributed by atoms with E-state index >= 15 is 0 Å². The number of amides is 1. The minimum atomic E-state index is -0.434. The van der Waals surface area contributed by atoms with Crippen LogP contribution in [-0.2, 0) is 4.74 Å². The third kappa shape index (κ3) is 5.07. The molecule has 2 aliphatic heterocycles. The van der Waals surface area contributed by atoms with Crippen LogP contribution in [0.4, 0.5) is 16.7 Å². The predicted molar refractivity (Wildman–Crippen MR) is 120 cm³/mol. The topological polar surface area (TPSA) is 106 Å². The van der Waals surface area contributed by atoms with Gasteiger partial charge in [0, 0.05) is 13.1 Å². The molecule has 172 valence electrons. The highest BCUT2D eigenvalue weighted by atomic mass is 16.6. The van der Waals surface area contributed by atoms with Crippen molar-refractivity contribution in [3.8, 4) is 5.75 Å². The number of likely N-dealkylation sites (tertiary alicyclic amines) is 1. The Morgan fingerprint density at radius 3 is 2.62 bits per heavy atom. The average Bonchev–Trinajstić information content (AvgIpc) is 3.18. The largest absolute Gasteiger partial charge is 0.489 e. The van der Waals surface area contributed by atoms with Crippen LogP contribution in [0.15, 0.2) is 24.7 Å². The fraction of sp³-hybridized carbons (Fsp3) is 0.591. The number of anilines is 2. The molecule has 4 heterocycles. The Hall–Kier alpha value is -3.01. The molecule has 2 aromatic heterocycles. The molecule has 2 saturated heterocycles. The van der Waals surface area contributed by atoms with E-state index in [1.807, 2.05) is 32.9 Å². The molecule has 1 N–H and O–H groups in total. The van der Waals surface area contributed by atoms with Gasteiger partial charge in [0.2, 0.25) is 11.9 Å². The van der Waals surface area contributed by atoms with Gasteiger partial charge in [-0.25, -0.2) is 19.7 Å². The summed E-state index contributed by atoms with van der Waals surface area (Å²) in [7, 11) is 2.13. The van der Waals surface area contributed by atoms with E-state index in [1.165, 1.54) is 11.2 Å². The molecule has 2 aromatic rings. The van der Waals surface area contributed by atoms with Crippen LogP contribution >= 0.6 is 0 Å². The zero-order valence-electron chi connectivity index (χ0n) is 19.1. The smallest absolute Gasteiger partial charge is 0.417 e. The summed E-state index contributed by atoms with van der Waals surface area (Å²) in [4.78, 5) is 33.4. The zero-order chi connectivity index (χ0) is 22.7. The van der Waals surface area contributed by atoms with Crippen LogP contribution in [0.25, 0.3) is 0 Å². The van der Waals surface area contributed by atoms with Gasteiger partial charge in [0.05, 0.1) is 24.0 Å². The molecule has 0 aromatic carbocycles. The number of rotatable bonds is 7. The maximum atomic E-state index is 12.2. The van der Waals surface area contributed by atoms with Crippen molar-refractivity contribution in [2.75, 3.05) is 37.0 Å². The molecule has 10 heteroatoms. The number of hydrogen-bond acceptors (Lipinski definition) is 9. The fourth-order valence-corrected chi connectivity index (χ4v) is 3.91. The molecule has 1 amide bonds. The van der Waals surface area contributed by atoms with Gasteiger partial charge in [-0.3, -0.25) is 4.98 Å². The average molecular weight is 442 g/mol. The number of hydrogen-bond donors (Lipinski definition) is 1. The second-order valence-corrected chi connectivity index (χ2v) is 8.77. The number of cyclic esters (lactones) is 1. The molecule has 10 nitrogen and oxygen atoms in total. The summed E-state index contributed by atoms with van der Waals surface area (Å²) in [6, 6.07) is 3.64. The van der Waals surface area contributed by atoms with Crippen LogP contribution in [0.3, 0.4) is 0 Å². The van der Waals surface area contributed by atoms with Crippen molar-refractivity contribution >= 4 is 18.0 Å². The number of carbonyl (C=O) groups excluding carboxylic acids is 1. The lowest BCUT2D eigenvalue weighted by Gasteiger charge is -2.29.